The van der Waals surface area contributed by atoms with Crippen molar-refractivity contribution >= 4 is 21.4 Å². The molecular weight excluding hydrogens is 283 g/mol. The summed E-state index contributed by atoms with van der Waals surface area (Å²) in [6.07, 6.45) is 0.352. The van der Waals surface area contributed by atoms with Crippen molar-refractivity contribution in [2.45, 2.75) is 25.8 Å². The number of halogens is 1. The lowest BCUT2D eigenvalue weighted by Gasteiger charge is -2.24. The lowest BCUT2D eigenvalue weighted by molar-refractivity contribution is 0.0915. The van der Waals surface area contributed by atoms with Gasteiger partial charge in [-0.1, -0.05) is 0 Å². The van der Waals surface area contributed by atoms with Crippen molar-refractivity contribution in [3.8, 4) is 0 Å². The zero-order chi connectivity index (χ0) is 15.1. The van der Waals surface area contributed by atoms with Gasteiger partial charge in [0.25, 0.3) is 5.91 Å². The minimum absolute atomic E-state index is 0.0498. The number of carbonyl (C=O) groups is 1. The van der Waals surface area contributed by atoms with Crippen LogP contribution in [0.5, 0.6) is 0 Å². The summed E-state index contributed by atoms with van der Waals surface area (Å²) in [6.45, 7) is 3.20. The van der Waals surface area contributed by atoms with Crippen LogP contribution < -0.4 is 11.1 Å². The van der Waals surface area contributed by atoms with Crippen LogP contribution >= 0.6 is 0 Å². The molecule has 1 aliphatic heterocycles. The topological polar surface area (TPSA) is 89.3 Å². The maximum atomic E-state index is 13.6. The molecule has 0 aliphatic carbocycles. The molecule has 2 rings (SSSR count). The van der Waals surface area contributed by atoms with Gasteiger partial charge in [0.05, 0.1) is 17.0 Å². The molecule has 0 spiro atoms. The highest BCUT2D eigenvalue weighted by Gasteiger charge is 2.39. The Kier molecular flexibility index (Phi) is 3.49. The Balaban J connectivity index is 2.21. The summed E-state index contributed by atoms with van der Waals surface area (Å²) in [5, 5.41) is 2.66. The molecule has 1 heterocycles. The summed E-state index contributed by atoms with van der Waals surface area (Å²) in [5.74, 6) is -1.13. The molecule has 1 aromatic rings. The molecule has 1 unspecified atom stereocenters. The second-order valence-corrected chi connectivity index (χ2v) is 7.71. The van der Waals surface area contributed by atoms with E-state index in [4.69, 9.17) is 5.73 Å². The molecule has 5 nitrogen and oxygen atoms in total. The minimum atomic E-state index is -3.12. The molecule has 1 aliphatic rings. The van der Waals surface area contributed by atoms with Crippen LogP contribution in [0.15, 0.2) is 12.1 Å². The van der Waals surface area contributed by atoms with E-state index in [1.807, 2.05) is 0 Å². The van der Waals surface area contributed by atoms with Crippen molar-refractivity contribution in [2.75, 3.05) is 17.2 Å². The van der Waals surface area contributed by atoms with Gasteiger partial charge in [0.15, 0.2) is 9.84 Å². The fourth-order valence-electron chi connectivity index (χ4n) is 2.29. The zero-order valence-electron chi connectivity index (χ0n) is 11.4. The first kappa shape index (κ1) is 14.8. The van der Waals surface area contributed by atoms with Crippen LogP contribution in [-0.4, -0.2) is 31.4 Å². The molecule has 0 saturated carbocycles. The van der Waals surface area contributed by atoms with E-state index in [9.17, 15) is 17.6 Å². The third kappa shape index (κ3) is 2.92. The Morgan fingerprint density at radius 2 is 2.10 bits per heavy atom. The molecule has 1 atom stereocenters. The van der Waals surface area contributed by atoms with Crippen LogP contribution in [0, 0.1) is 12.7 Å². The van der Waals surface area contributed by atoms with E-state index in [1.54, 1.807) is 6.92 Å². The fraction of sp³-hybridized carbons (Fsp3) is 0.462. The van der Waals surface area contributed by atoms with Crippen LogP contribution in [0.2, 0.25) is 0 Å². The van der Waals surface area contributed by atoms with Crippen molar-refractivity contribution in [3.63, 3.8) is 0 Å². The van der Waals surface area contributed by atoms with E-state index in [0.717, 1.165) is 6.07 Å². The van der Waals surface area contributed by atoms with Gasteiger partial charge in [-0.2, -0.15) is 0 Å². The smallest absolute Gasteiger partial charge is 0.251 e. The van der Waals surface area contributed by atoms with Gasteiger partial charge in [0.1, 0.15) is 5.82 Å². The Hall–Kier alpha value is -1.63. The standard InChI is InChI=1S/C13H17FN2O3S/c1-8-10(14)5-9(6-11(8)15)12(17)16-13(2)3-4-20(18,19)7-13/h5-6H,3-4,7,15H2,1-2H3,(H,16,17). The molecule has 0 bridgehead atoms. The predicted molar refractivity (Wildman–Crippen MR) is 74.7 cm³/mol. The molecule has 1 saturated heterocycles. The highest BCUT2D eigenvalue weighted by molar-refractivity contribution is 7.91. The number of nitrogens with two attached hydrogens (primary N) is 1. The van der Waals surface area contributed by atoms with Crippen LogP contribution in [0.1, 0.15) is 29.3 Å². The van der Waals surface area contributed by atoms with Gasteiger partial charge in [-0.05, 0) is 32.4 Å². The van der Waals surface area contributed by atoms with Gasteiger partial charge in [0.2, 0.25) is 0 Å². The summed E-state index contributed by atoms with van der Waals surface area (Å²) < 4.78 is 36.5. The first-order valence-electron chi connectivity index (χ1n) is 6.20. The Morgan fingerprint density at radius 3 is 2.60 bits per heavy atom. The van der Waals surface area contributed by atoms with E-state index in [1.165, 1.54) is 13.0 Å². The largest absolute Gasteiger partial charge is 0.398 e. The van der Waals surface area contributed by atoms with Crippen LogP contribution in [0.25, 0.3) is 0 Å². The fourth-order valence-corrected chi connectivity index (χ4v) is 4.38. The highest BCUT2D eigenvalue weighted by Crippen LogP contribution is 2.24. The summed E-state index contributed by atoms with van der Waals surface area (Å²) in [6, 6.07) is 2.49. The molecule has 0 aromatic heterocycles. The second-order valence-electron chi connectivity index (χ2n) is 5.53. The lowest BCUT2D eigenvalue weighted by atomic mass is 10.0. The predicted octanol–water partition coefficient (Wildman–Crippen LogP) is 1.02. The second kappa shape index (κ2) is 4.73. The van der Waals surface area contributed by atoms with Gasteiger partial charge < -0.3 is 11.1 Å². The summed E-state index contributed by atoms with van der Waals surface area (Å²) in [7, 11) is -3.12. The number of benzene rings is 1. The van der Waals surface area contributed by atoms with Crippen molar-refractivity contribution in [3.05, 3.63) is 29.1 Å². The first-order valence-corrected chi connectivity index (χ1v) is 8.03. The molecule has 20 heavy (non-hydrogen) atoms. The van der Waals surface area contributed by atoms with Crippen molar-refractivity contribution in [1.82, 2.24) is 5.32 Å². The SMILES string of the molecule is Cc1c(N)cc(C(=O)NC2(C)CCS(=O)(=O)C2)cc1F. The minimum Gasteiger partial charge on any atom is -0.398 e. The van der Waals surface area contributed by atoms with E-state index >= 15 is 0 Å². The van der Waals surface area contributed by atoms with Crippen LogP contribution in [-0.2, 0) is 9.84 Å². The normalized spacial score (nSPS) is 24.6. The van der Waals surface area contributed by atoms with Gasteiger partial charge in [-0.25, -0.2) is 12.8 Å². The zero-order valence-corrected chi connectivity index (χ0v) is 12.2. The molecule has 1 amide bonds. The third-order valence-corrected chi connectivity index (χ3v) is 5.47. The van der Waals surface area contributed by atoms with Gasteiger partial charge in [-0.3, -0.25) is 4.79 Å². The number of hydrogen-bond donors (Lipinski definition) is 2. The quantitative estimate of drug-likeness (QED) is 0.798. The summed E-state index contributed by atoms with van der Waals surface area (Å²) in [4.78, 5) is 12.1. The van der Waals surface area contributed by atoms with Crippen LogP contribution in [0.4, 0.5) is 10.1 Å². The number of hydrogen-bond acceptors (Lipinski definition) is 4. The third-order valence-electron chi connectivity index (χ3n) is 3.57. The molecule has 110 valence electrons. The van der Waals surface area contributed by atoms with Crippen LogP contribution in [0.3, 0.4) is 0 Å². The van der Waals surface area contributed by atoms with E-state index in [0.29, 0.717) is 6.42 Å². The van der Waals surface area contributed by atoms with E-state index in [2.05, 4.69) is 5.32 Å². The van der Waals surface area contributed by atoms with Gasteiger partial charge in [-0.15, -0.1) is 0 Å². The lowest BCUT2D eigenvalue weighted by Crippen LogP contribution is -2.47. The Bertz CT molecular complexity index is 649. The molecule has 1 aromatic carbocycles. The number of amides is 1. The average Bonchev–Trinajstić information content (AvgIpc) is 2.59. The van der Waals surface area contributed by atoms with Gasteiger partial charge >= 0.3 is 0 Å². The number of sulfone groups is 1. The number of nitrogen functional groups attached to an aromatic ring is 1. The maximum absolute atomic E-state index is 13.6. The summed E-state index contributed by atoms with van der Waals surface area (Å²) >= 11 is 0. The van der Waals surface area contributed by atoms with Gasteiger partial charge in [0, 0.05) is 16.8 Å². The highest BCUT2D eigenvalue weighted by atomic mass is 32.2. The maximum Gasteiger partial charge on any atom is 0.251 e. The summed E-state index contributed by atoms with van der Waals surface area (Å²) in [5.41, 5.74) is 5.39. The number of rotatable bonds is 2. The number of nitrogens with one attached hydrogen (secondary N) is 1. The number of carbonyl (C=O) groups excluding carboxylic acids is 1. The molecule has 1 fully saturated rings. The van der Waals surface area contributed by atoms with E-state index in [-0.39, 0.29) is 28.3 Å². The molecule has 0 radical (unpaired) electrons. The van der Waals surface area contributed by atoms with Crippen molar-refractivity contribution in [1.29, 1.82) is 0 Å². The van der Waals surface area contributed by atoms with Crippen molar-refractivity contribution < 1.29 is 17.6 Å². The molecular formula is C13H17FN2O3S. The van der Waals surface area contributed by atoms with Crippen molar-refractivity contribution in [2.24, 2.45) is 0 Å². The molecule has 3 N–H and O–H groups in total. The van der Waals surface area contributed by atoms with E-state index < -0.39 is 27.1 Å². The Morgan fingerprint density at radius 1 is 1.45 bits per heavy atom. The average molecular weight is 300 g/mol. The number of anilines is 1. The Labute approximate surface area is 117 Å². The molecule has 7 heteroatoms. The first-order chi connectivity index (χ1) is 9.12. The monoisotopic (exact) mass is 300 g/mol.